The van der Waals surface area contributed by atoms with E-state index in [2.05, 4.69) is 275 Å². The van der Waals surface area contributed by atoms with Crippen LogP contribution in [0.15, 0.2) is 261 Å². The lowest BCUT2D eigenvalue weighted by Crippen LogP contribution is -2.26. The molecule has 0 atom stereocenters. The molecule has 1 spiro atoms. The summed E-state index contributed by atoms with van der Waals surface area (Å²) in [6, 6.07) is 97.4. The molecule has 0 unspecified atom stereocenters. The molecule has 0 amide bonds. The Hall–Kier alpha value is -9.44. The number of hydrogen-bond acceptors (Lipinski definition) is 1. The molecular formula is C69H43N3. The van der Waals surface area contributed by atoms with Gasteiger partial charge in [-0.05, 0) is 127 Å². The first-order valence-electron chi connectivity index (χ1n) is 25.0. The van der Waals surface area contributed by atoms with Crippen LogP contribution in [0.4, 0.5) is 17.1 Å². The number of nitrogens with zero attached hydrogens (tertiary/aromatic N) is 3. The van der Waals surface area contributed by atoms with Crippen LogP contribution in [0.5, 0.6) is 0 Å². The Kier molecular flexibility index (Phi) is 8.09. The normalized spacial score (nSPS) is 13.1. The lowest BCUT2D eigenvalue weighted by molar-refractivity contribution is 0.794. The van der Waals surface area contributed by atoms with Crippen LogP contribution in [-0.4, -0.2) is 9.13 Å². The van der Waals surface area contributed by atoms with Crippen molar-refractivity contribution in [3.05, 3.63) is 283 Å². The first-order valence-corrected chi connectivity index (χ1v) is 25.0. The molecule has 16 rings (SSSR count). The van der Waals surface area contributed by atoms with Crippen LogP contribution < -0.4 is 4.90 Å². The fourth-order valence-electron chi connectivity index (χ4n) is 13.3. The maximum Gasteiger partial charge on any atom is 0.0726 e. The molecule has 3 nitrogen and oxygen atoms in total. The van der Waals surface area contributed by atoms with E-state index in [1.165, 1.54) is 98.6 Å². The van der Waals surface area contributed by atoms with E-state index in [1.54, 1.807) is 0 Å². The lowest BCUT2D eigenvalue weighted by Gasteiger charge is -2.32. The highest BCUT2D eigenvalue weighted by atomic mass is 15.2. The van der Waals surface area contributed by atoms with Crippen molar-refractivity contribution in [3.8, 4) is 33.6 Å². The van der Waals surface area contributed by atoms with Crippen molar-refractivity contribution in [1.82, 2.24) is 9.13 Å². The summed E-state index contributed by atoms with van der Waals surface area (Å²) in [6.07, 6.45) is 0. The van der Waals surface area contributed by atoms with Crippen LogP contribution in [-0.2, 0) is 5.41 Å². The summed E-state index contributed by atoms with van der Waals surface area (Å²) >= 11 is 0. The van der Waals surface area contributed by atoms with Crippen molar-refractivity contribution in [2.45, 2.75) is 5.41 Å². The predicted octanol–water partition coefficient (Wildman–Crippen LogP) is 18.0. The molecule has 0 bridgehead atoms. The van der Waals surface area contributed by atoms with Gasteiger partial charge in [-0.15, -0.1) is 0 Å². The number of hydrogen-bond donors (Lipinski definition) is 0. The third-order valence-corrected chi connectivity index (χ3v) is 16.1. The number of fused-ring (bicyclic) bond motifs is 19. The van der Waals surface area contributed by atoms with E-state index < -0.39 is 5.41 Å². The van der Waals surface area contributed by atoms with Crippen molar-refractivity contribution < 1.29 is 0 Å². The first-order chi connectivity index (χ1) is 35.8. The van der Waals surface area contributed by atoms with Crippen molar-refractivity contribution in [2.24, 2.45) is 0 Å². The Morgan fingerprint density at radius 3 is 1.60 bits per heavy atom. The van der Waals surface area contributed by atoms with Gasteiger partial charge in [0.15, 0.2) is 0 Å². The number of aromatic nitrogens is 2. The van der Waals surface area contributed by atoms with Crippen molar-refractivity contribution in [1.29, 1.82) is 0 Å². The molecule has 2 aromatic heterocycles. The van der Waals surface area contributed by atoms with Crippen LogP contribution in [0.1, 0.15) is 22.3 Å². The van der Waals surface area contributed by atoms with E-state index >= 15 is 0 Å². The van der Waals surface area contributed by atoms with Crippen LogP contribution in [0.3, 0.4) is 0 Å². The predicted molar refractivity (Wildman–Crippen MR) is 301 cm³/mol. The van der Waals surface area contributed by atoms with Gasteiger partial charge in [0.2, 0.25) is 0 Å². The quantitative estimate of drug-likeness (QED) is 0.157. The topological polar surface area (TPSA) is 13.1 Å². The summed E-state index contributed by atoms with van der Waals surface area (Å²) in [5.74, 6) is 0. The molecule has 14 aromatic rings. The van der Waals surface area contributed by atoms with Gasteiger partial charge >= 0.3 is 0 Å². The lowest BCUT2D eigenvalue weighted by atomic mass is 9.70. The third-order valence-electron chi connectivity index (χ3n) is 16.1. The zero-order valence-corrected chi connectivity index (χ0v) is 39.2. The maximum absolute atomic E-state index is 2.58. The Bertz CT molecular complexity index is 4540. The minimum atomic E-state index is -0.493. The Morgan fingerprint density at radius 1 is 0.292 bits per heavy atom. The van der Waals surface area contributed by atoms with Crippen LogP contribution in [0.25, 0.3) is 98.8 Å². The summed E-state index contributed by atoms with van der Waals surface area (Å²) in [5, 5.41) is 9.84. The summed E-state index contributed by atoms with van der Waals surface area (Å²) < 4.78 is 4.92. The summed E-state index contributed by atoms with van der Waals surface area (Å²) in [7, 11) is 0. The van der Waals surface area contributed by atoms with Gasteiger partial charge in [0.05, 0.1) is 38.9 Å². The second kappa shape index (κ2) is 14.8. The van der Waals surface area contributed by atoms with E-state index in [0.717, 1.165) is 39.5 Å². The molecule has 0 fully saturated rings. The zero-order valence-electron chi connectivity index (χ0n) is 39.2. The molecular weight excluding hydrogens is 871 g/mol. The molecule has 2 aliphatic rings. The van der Waals surface area contributed by atoms with Crippen molar-refractivity contribution >= 4 is 82.2 Å². The van der Waals surface area contributed by atoms with Crippen molar-refractivity contribution in [3.63, 3.8) is 0 Å². The monoisotopic (exact) mass is 913 g/mol. The van der Waals surface area contributed by atoms with Gasteiger partial charge in [0.1, 0.15) is 0 Å². The van der Waals surface area contributed by atoms with Crippen LogP contribution in [0, 0.1) is 0 Å². The molecule has 0 radical (unpaired) electrons. The molecule has 12 aromatic carbocycles. The van der Waals surface area contributed by atoms with Gasteiger partial charge < -0.3 is 14.0 Å². The van der Waals surface area contributed by atoms with Gasteiger partial charge in [-0.1, -0.05) is 194 Å². The highest BCUT2D eigenvalue weighted by molar-refractivity contribution is 6.19. The molecule has 2 aliphatic carbocycles. The maximum atomic E-state index is 2.58. The fourth-order valence-corrected chi connectivity index (χ4v) is 13.3. The Morgan fingerprint density at radius 2 is 0.819 bits per heavy atom. The zero-order chi connectivity index (χ0) is 47.1. The van der Waals surface area contributed by atoms with E-state index in [0.29, 0.717) is 0 Å². The summed E-state index contributed by atoms with van der Waals surface area (Å²) in [6.45, 7) is 0. The highest BCUT2D eigenvalue weighted by Crippen LogP contribution is 2.65. The molecule has 0 saturated heterocycles. The number of rotatable bonds is 5. The summed E-state index contributed by atoms with van der Waals surface area (Å²) in [4.78, 5) is 2.58. The van der Waals surface area contributed by atoms with Crippen molar-refractivity contribution in [2.75, 3.05) is 4.90 Å². The Balaban J connectivity index is 1.03. The van der Waals surface area contributed by atoms with Gasteiger partial charge in [-0.2, -0.15) is 0 Å². The molecule has 3 heteroatoms. The van der Waals surface area contributed by atoms with Gasteiger partial charge in [0.25, 0.3) is 0 Å². The fraction of sp³-hybridized carbons (Fsp3) is 0.0145. The minimum Gasteiger partial charge on any atom is -0.309 e. The number of anilines is 3. The molecule has 0 aliphatic heterocycles. The van der Waals surface area contributed by atoms with Crippen LogP contribution >= 0.6 is 0 Å². The standard InChI is InChI=1S/C69H43N3/c1-2-19-46(20-3-1)70-61-31-14-9-24-52(61)53-41-40-48(43-66(53)70)72(63-33-16-30-60-67(63)54-25-8-13-29-59(54)69(60)57-27-11-6-22-50(57)51-23-7-12-28-58(51)69)65-35-17-34-64-68(65)55-26-10-15-32-62(55)71(64)47-39-38-45-37-36-44-18-4-5-21-49(44)56(45)42-47/h1-43H. The van der Waals surface area contributed by atoms with E-state index in [1.807, 2.05) is 0 Å². The molecule has 334 valence electrons. The summed E-state index contributed by atoms with van der Waals surface area (Å²) in [5.41, 5.74) is 20.2. The van der Waals surface area contributed by atoms with Gasteiger partial charge in [-0.25, -0.2) is 0 Å². The second-order valence-corrected chi connectivity index (χ2v) is 19.5. The minimum absolute atomic E-state index is 0.493. The van der Waals surface area contributed by atoms with E-state index in [9.17, 15) is 0 Å². The number of para-hydroxylation sites is 3. The highest BCUT2D eigenvalue weighted by Gasteiger charge is 2.52. The van der Waals surface area contributed by atoms with Crippen LogP contribution in [0.2, 0.25) is 0 Å². The molecule has 0 N–H and O–H groups in total. The van der Waals surface area contributed by atoms with E-state index in [4.69, 9.17) is 0 Å². The first kappa shape index (κ1) is 39.4. The molecule has 0 saturated carbocycles. The second-order valence-electron chi connectivity index (χ2n) is 19.5. The average Bonchev–Trinajstić information content (AvgIpc) is 4.16. The molecule has 72 heavy (non-hydrogen) atoms. The third kappa shape index (κ3) is 5.18. The smallest absolute Gasteiger partial charge is 0.0726 e. The Labute approximate surface area is 416 Å². The van der Waals surface area contributed by atoms with E-state index in [-0.39, 0.29) is 0 Å². The van der Waals surface area contributed by atoms with Gasteiger partial charge in [0, 0.05) is 44.2 Å². The largest absolute Gasteiger partial charge is 0.309 e. The average molecular weight is 914 g/mol. The SMILES string of the molecule is c1ccc(-n2c3ccccc3c3ccc(N(c4cccc5c4-c4ccccc4C54c5ccccc5-c5ccccc54)c4cccc5c4c4ccccc4n5-c4ccc5ccc6ccccc6c5c4)cc32)cc1. The number of benzene rings is 12. The van der Waals surface area contributed by atoms with Gasteiger partial charge in [-0.3, -0.25) is 0 Å². The molecule has 2 heterocycles.